The van der Waals surface area contributed by atoms with Crippen molar-refractivity contribution in [2.75, 3.05) is 38.3 Å². The SMILES string of the molecule is COC(=O)c1cccc(N=Cc2ccc(N3CCOCC3)o2)c1. The number of rotatable bonds is 4. The highest BCUT2D eigenvalue weighted by molar-refractivity contribution is 5.90. The van der Waals surface area contributed by atoms with Gasteiger partial charge in [0.1, 0.15) is 5.76 Å². The van der Waals surface area contributed by atoms with Crippen LogP contribution in [0.2, 0.25) is 0 Å². The lowest BCUT2D eigenvalue weighted by Gasteiger charge is -2.26. The normalized spacial score (nSPS) is 15.1. The Bertz CT molecular complexity index is 702. The Morgan fingerprint density at radius 3 is 2.87 bits per heavy atom. The van der Waals surface area contributed by atoms with Gasteiger partial charge >= 0.3 is 5.97 Å². The van der Waals surface area contributed by atoms with E-state index in [0.717, 1.165) is 19.0 Å². The van der Waals surface area contributed by atoms with Gasteiger partial charge in [-0.3, -0.25) is 4.99 Å². The fourth-order valence-electron chi connectivity index (χ4n) is 2.33. The number of benzene rings is 1. The molecule has 1 fully saturated rings. The third-order valence-corrected chi connectivity index (χ3v) is 3.54. The predicted molar refractivity (Wildman–Crippen MR) is 86.8 cm³/mol. The Balaban J connectivity index is 1.70. The maximum Gasteiger partial charge on any atom is 0.337 e. The average molecular weight is 314 g/mol. The topological polar surface area (TPSA) is 64.3 Å². The summed E-state index contributed by atoms with van der Waals surface area (Å²) in [5.74, 6) is 1.10. The van der Waals surface area contributed by atoms with E-state index >= 15 is 0 Å². The van der Waals surface area contributed by atoms with E-state index in [9.17, 15) is 4.79 Å². The number of morpholine rings is 1. The zero-order valence-electron chi connectivity index (χ0n) is 12.9. The largest absolute Gasteiger partial charge is 0.465 e. The zero-order chi connectivity index (χ0) is 16.1. The van der Waals surface area contributed by atoms with Crippen LogP contribution in [0.25, 0.3) is 0 Å². The Morgan fingerprint density at radius 1 is 1.26 bits per heavy atom. The van der Waals surface area contributed by atoms with Crippen molar-refractivity contribution in [3.8, 4) is 0 Å². The monoisotopic (exact) mass is 314 g/mol. The number of ether oxygens (including phenoxy) is 2. The lowest BCUT2D eigenvalue weighted by Crippen LogP contribution is -2.35. The molecule has 120 valence electrons. The fourth-order valence-corrected chi connectivity index (χ4v) is 2.33. The van der Waals surface area contributed by atoms with Gasteiger partial charge in [0.15, 0.2) is 5.88 Å². The Morgan fingerprint density at radius 2 is 2.09 bits per heavy atom. The van der Waals surface area contributed by atoms with Crippen LogP contribution in [0.1, 0.15) is 16.1 Å². The lowest BCUT2D eigenvalue weighted by molar-refractivity contribution is 0.0601. The molecule has 2 heterocycles. The van der Waals surface area contributed by atoms with E-state index in [1.807, 2.05) is 18.2 Å². The molecule has 1 saturated heterocycles. The lowest BCUT2D eigenvalue weighted by atomic mass is 10.2. The number of hydrogen-bond donors (Lipinski definition) is 0. The summed E-state index contributed by atoms with van der Waals surface area (Å²) in [6, 6.07) is 10.7. The number of aliphatic imine (C=N–C) groups is 1. The van der Waals surface area contributed by atoms with Gasteiger partial charge in [-0.2, -0.15) is 0 Å². The van der Waals surface area contributed by atoms with Crippen LogP contribution in [0, 0.1) is 0 Å². The Labute approximate surface area is 134 Å². The molecule has 1 aromatic carbocycles. The Hall–Kier alpha value is -2.60. The van der Waals surface area contributed by atoms with Gasteiger partial charge in [-0.15, -0.1) is 0 Å². The minimum atomic E-state index is -0.380. The van der Waals surface area contributed by atoms with E-state index in [-0.39, 0.29) is 5.97 Å². The van der Waals surface area contributed by atoms with Crippen LogP contribution >= 0.6 is 0 Å². The number of carbonyl (C=O) groups is 1. The van der Waals surface area contributed by atoms with Crippen LogP contribution in [0.5, 0.6) is 0 Å². The van der Waals surface area contributed by atoms with Crippen molar-refractivity contribution in [3.63, 3.8) is 0 Å². The molecular formula is C17H18N2O4. The molecule has 0 radical (unpaired) electrons. The summed E-state index contributed by atoms with van der Waals surface area (Å²) < 4.78 is 15.8. The van der Waals surface area contributed by atoms with Gasteiger partial charge in [-0.05, 0) is 24.3 Å². The Kier molecular flexibility index (Phi) is 4.73. The molecule has 0 spiro atoms. The highest BCUT2D eigenvalue weighted by Gasteiger charge is 2.14. The molecule has 0 N–H and O–H groups in total. The molecule has 1 aliphatic heterocycles. The van der Waals surface area contributed by atoms with Gasteiger partial charge < -0.3 is 18.8 Å². The summed E-state index contributed by atoms with van der Waals surface area (Å²) in [6.45, 7) is 3.07. The van der Waals surface area contributed by atoms with E-state index in [1.165, 1.54) is 7.11 Å². The first-order valence-electron chi connectivity index (χ1n) is 7.41. The molecule has 6 heteroatoms. The quantitative estimate of drug-likeness (QED) is 0.641. The van der Waals surface area contributed by atoms with Gasteiger partial charge in [0, 0.05) is 19.2 Å². The van der Waals surface area contributed by atoms with E-state index in [0.29, 0.717) is 30.2 Å². The average Bonchev–Trinajstić information content (AvgIpc) is 3.09. The first-order chi connectivity index (χ1) is 11.3. The molecule has 2 aromatic rings. The van der Waals surface area contributed by atoms with Crippen LogP contribution in [0.15, 0.2) is 45.8 Å². The van der Waals surface area contributed by atoms with Crippen molar-refractivity contribution in [3.05, 3.63) is 47.7 Å². The molecule has 1 aromatic heterocycles. The molecule has 0 amide bonds. The number of carbonyl (C=O) groups excluding carboxylic acids is 1. The highest BCUT2D eigenvalue weighted by atomic mass is 16.5. The summed E-state index contributed by atoms with van der Waals surface area (Å²) in [7, 11) is 1.36. The first kappa shape index (κ1) is 15.3. The van der Waals surface area contributed by atoms with Crippen molar-refractivity contribution < 1.29 is 18.7 Å². The van der Waals surface area contributed by atoms with Crippen LogP contribution in [0.3, 0.4) is 0 Å². The first-order valence-corrected chi connectivity index (χ1v) is 7.41. The molecule has 0 aliphatic carbocycles. The number of anilines is 1. The third kappa shape index (κ3) is 3.78. The predicted octanol–water partition coefficient (Wildman–Crippen LogP) is 2.65. The van der Waals surface area contributed by atoms with Crippen LogP contribution in [-0.4, -0.2) is 45.6 Å². The summed E-state index contributed by atoms with van der Waals surface area (Å²) in [5.41, 5.74) is 1.13. The minimum Gasteiger partial charge on any atom is -0.465 e. The molecule has 0 saturated carbocycles. The molecule has 0 bridgehead atoms. The molecular weight excluding hydrogens is 296 g/mol. The molecule has 0 atom stereocenters. The summed E-state index contributed by atoms with van der Waals surface area (Å²) >= 11 is 0. The maximum absolute atomic E-state index is 11.5. The number of nitrogens with zero attached hydrogens (tertiary/aromatic N) is 2. The van der Waals surface area contributed by atoms with Crippen molar-refractivity contribution in [1.82, 2.24) is 0 Å². The number of hydrogen-bond acceptors (Lipinski definition) is 6. The van der Waals surface area contributed by atoms with Gasteiger partial charge in [-0.25, -0.2) is 4.79 Å². The number of furan rings is 1. The second kappa shape index (κ2) is 7.11. The second-order valence-electron chi connectivity index (χ2n) is 5.08. The van der Waals surface area contributed by atoms with Crippen LogP contribution < -0.4 is 4.90 Å². The number of methoxy groups -OCH3 is 1. The third-order valence-electron chi connectivity index (χ3n) is 3.54. The van der Waals surface area contributed by atoms with Crippen molar-refractivity contribution >= 4 is 23.8 Å². The zero-order valence-corrected chi connectivity index (χ0v) is 12.9. The summed E-state index contributed by atoms with van der Waals surface area (Å²) in [4.78, 5) is 18.0. The van der Waals surface area contributed by atoms with Gasteiger partial charge in [0.2, 0.25) is 0 Å². The highest BCUT2D eigenvalue weighted by Crippen LogP contribution is 2.20. The smallest absolute Gasteiger partial charge is 0.337 e. The molecule has 23 heavy (non-hydrogen) atoms. The van der Waals surface area contributed by atoms with Crippen molar-refractivity contribution in [2.24, 2.45) is 4.99 Å². The number of esters is 1. The van der Waals surface area contributed by atoms with Crippen molar-refractivity contribution in [2.45, 2.75) is 0 Å². The van der Waals surface area contributed by atoms with Gasteiger partial charge in [-0.1, -0.05) is 6.07 Å². The minimum absolute atomic E-state index is 0.380. The fraction of sp³-hybridized carbons (Fsp3) is 0.294. The van der Waals surface area contributed by atoms with Crippen molar-refractivity contribution in [1.29, 1.82) is 0 Å². The van der Waals surface area contributed by atoms with Gasteiger partial charge in [0.25, 0.3) is 0 Å². The summed E-state index contributed by atoms with van der Waals surface area (Å²) in [6.07, 6.45) is 1.64. The summed E-state index contributed by atoms with van der Waals surface area (Å²) in [5, 5.41) is 0. The molecule has 0 unspecified atom stereocenters. The molecule has 6 nitrogen and oxygen atoms in total. The second-order valence-corrected chi connectivity index (χ2v) is 5.08. The van der Waals surface area contributed by atoms with Crippen LogP contribution in [0.4, 0.5) is 11.6 Å². The van der Waals surface area contributed by atoms with E-state index in [4.69, 9.17) is 13.9 Å². The van der Waals surface area contributed by atoms with E-state index < -0.39 is 0 Å². The maximum atomic E-state index is 11.5. The van der Waals surface area contributed by atoms with E-state index in [2.05, 4.69) is 9.89 Å². The molecule has 1 aliphatic rings. The van der Waals surface area contributed by atoms with Gasteiger partial charge in [0.05, 0.1) is 37.8 Å². The molecule has 3 rings (SSSR count). The van der Waals surface area contributed by atoms with E-state index in [1.54, 1.807) is 24.4 Å². The van der Waals surface area contributed by atoms with Crippen LogP contribution in [-0.2, 0) is 9.47 Å². The standard InChI is InChI=1S/C17H18N2O4/c1-21-17(20)13-3-2-4-14(11-13)18-12-15-5-6-16(23-15)19-7-9-22-10-8-19/h2-6,11-12H,7-10H2,1H3.